The fourth-order valence-electron chi connectivity index (χ4n) is 4.19. The van der Waals surface area contributed by atoms with Crippen LogP contribution in [0.1, 0.15) is 54.9 Å². The molecule has 8 heteroatoms. The molecule has 33 heavy (non-hydrogen) atoms. The normalized spacial score (nSPS) is 17.0. The molecule has 1 amide bonds. The third-order valence-corrected chi connectivity index (χ3v) is 7.60. The van der Waals surface area contributed by atoms with Crippen LogP contribution in [0.5, 0.6) is 5.75 Å². The summed E-state index contributed by atoms with van der Waals surface area (Å²) in [5.74, 6) is 0.491. The fraction of sp³-hybridized carbons (Fsp3) is 0.480. The summed E-state index contributed by atoms with van der Waals surface area (Å²) in [6, 6.07) is 13.9. The third-order valence-electron chi connectivity index (χ3n) is 6.18. The molecule has 0 aromatic heterocycles. The van der Waals surface area contributed by atoms with Crippen molar-refractivity contribution in [2.45, 2.75) is 56.5 Å². The number of sulfonamides is 1. The van der Waals surface area contributed by atoms with Crippen molar-refractivity contribution in [2.75, 3.05) is 26.7 Å². The Kier molecular flexibility index (Phi) is 9.29. The Balaban J connectivity index is 1.43. The van der Waals surface area contributed by atoms with E-state index in [1.54, 1.807) is 36.4 Å². The minimum absolute atomic E-state index is 0.106. The lowest BCUT2D eigenvalue weighted by Gasteiger charge is -2.35. The number of nitrogens with one attached hydrogen (secondary N) is 2. The van der Waals surface area contributed by atoms with Crippen LogP contribution in [0, 0.1) is 0 Å². The molecule has 1 saturated heterocycles. The van der Waals surface area contributed by atoms with Gasteiger partial charge in [-0.2, -0.15) is 0 Å². The van der Waals surface area contributed by atoms with Gasteiger partial charge < -0.3 is 15.0 Å². The van der Waals surface area contributed by atoms with Gasteiger partial charge in [0, 0.05) is 31.2 Å². The molecule has 3 rings (SSSR count). The van der Waals surface area contributed by atoms with Crippen LogP contribution in [0.4, 0.5) is 0 Å². The van der Waals surface area contributed by atoms with E-state index in [1.807, 2.05) is 0 Å². The Hall–Kier alpha value is -2.42. The highest BCUT2D eigenvalue weighted by molar-refractivity contribution is 7.89. The number of rotatable bonds is 11. The number of hydrogen-bond donors (Lipinski definition) is 2. The predicted molar refractivity (Wildman–Crippen MR) is 130 cm³/mol. The SMILES string of the molecule is CCC1CCCCN1CCCNC(=O)c1ccc(CNS(=O)(=O)c2ccc(OC)cc2)cc1. The first-order chi connectivity index (χ1) is 15.9. The third kappa shape index (κ3) is 7.28. The quantitative estimate of drug-likeness (QED) is 0.487. The Morgan fingerprint density at radius 1 is 1.09 bits per heavy atom. The molecular weight excluding hydrogens is 438 g/mol. The maximum atomic E-state index is 12.5. The first kappa shape index (κ1) is 25.2. The summed E-state index contributed by atoms with van der Waals surface area (Å²) in [5, 5.41) is 2.99. The average Bonchev–Trinajstić information content (AvgIpc) is 2.86. The van der Waals surface area contributed by atoms with Gasteiger partial charge in [-0.05, 0) is 74.2 Å². The topological polar surface area (TPSA) is 87.7 Å². The lowest BCUT2D eigenvalue weighted by Crippen LogP contribution is -2.40. The number of amides is 1. The highest BCUT2D eigenvalue weighted by Crippen LogP contribution is 2.19. The summed E-state index contributed by atoms with van der Waals surface area (Å²) in [7, 11) is -2.10. The van der Waals surface area contributed by atoms with Crippen molar-refractivity contribution in [1.82, 2.24) is 14.9 Å². The molecule has 0 radical (unpaired) electrons. The van der Waals surface area contributed by atoms with Crippen LogP contribution in [0.2, 0.25) is 0 Å². The van der Waals surface area contributed by atoms with Crippen molar-refractivity contribution >= 4 is 15.9 Å². The molecule has 1 aliphatic heterocycles. The molecule has 1 unspecified atom stereocenters. The second-order valence-electron chi connectivity index (χ2n) is 8.40. The van der Waals surface area contributed by atoms with E-state index in [4.69, 9.17) is 4.74 Å². The smallest absolute Gasteiger partial charge is 0.251 e. The molecule has 0 bridgehead atoms. The number of methoxy groups -OCH3 is 1. The van der Waals surface area contributed by atoms with Gasteiger partial charge >= 0.3 is 0 Å². The van der Waals surface area contributed by atoms with Gasteiger partial charge in [-0.15, -0.1) is 0 Å². The van der Waals surface area contributed by atoms with Crippen LogP contribution >= 0.6 is 0 Å². The second-order valence-corrected chi connectivity index (χ2v) is 10.2. The summed E-state index contributed by atoms with van der Waals surface area (Å²) in [6.45, 7) is 5.22. The number of carbonyl (C=O) groups is 1. The summed E-state index contributed by atoms with van der Waals surface area (Å²) in [4.78, 5) is 15.2. The molecule has 2 aromatic rings. The number of carbonyl (C=O) groups excluding carboxylic acids is 1. The van der Waals surface area contributed by atoms with Gasteiger partial charge in [0.15, 0.2) is 0 Å². The molecule has 7 nitrogen and oxygen atoms in total. The largest absolute Gasteiger partial charge is 0.497 e. The minimum atomic E-state index is -3.63. The van der Waals surface area contributed by atoms with Gasteiger partial charge in [-0.3, -0.25) is 4.79 Å². The molecular formula is C25H35N3O4S. The molecule has 2 aromatic carbocycles. The van der Waals surface area contributed by atoms with Gasteiger partial charge in [-0.25, -0.2) is 13.1 Å². The first-order valence-electron chi connectivity index (χ1n) is 11.7. The van der Waals surface area contributed by atoms with E-state index >= 15 is 0 Å². The molecule has 1 atom stereocenters. The zero-order chi connectivity index (χ0) is 23.7. The van der Waals surface area contributed by atoms with Gasteiger partial charge in [0.1, 0.15) is 5.75 Å². The van der Waals surface area contributed by atoms with E-state index in [2.05, 4.69) is 21.9 Å². The molecule has 0 aliphatic carbocycles. The second kappa shape index (κ2) is 12.2. The van der Waals surface area contributed by atoms with Crippen LogP contribution in [0.25, 0.3) is 0 Å². The summed E-state index contributed by atoms with van der Waals surface area (Å²) < 4.78 is 32.6. The van der Waals surface area contributed by atoms with E-state index in [-0.39, 0.29) is 17.3 Å². The van der Waals surface area contributed by atoms with E-state index in [9.17, 15) is 13.2 Å². The van der Waals surface area contributed by atoms with Crippen LogP contribution in [-0.4, -0.2) is 52.0 Å². The molecule has 180 valence electrons. The van der Waals surface area contributed by atoms with Crippen molar-refractivity contribution in [2.24, 2.45) is 0 Å². The van der Waals surface area contributed by atoms with Gasteiger partial charge in [0.25, 0.3) is 5.91 Å². The minimum Gasteiger partial charge on any atom is -0.497 e. The number of hydrogen-bond acceptors (Lipinski definition) is 5. The van der Waals surface area contributed by atoms with Crippen LogP contribution in [0.3, 0.4) is 0 Å². The molecule has 2 N–H and O–H groups in total. The monoisotopic (exact) mass is 473 g/mol. The van der Waals surface area contributed by atoms with E-state index in [1.165, 1.54) is 44.9 Å². The Labute approximate surface area is 197 Å². The number of ether oxygens (including phenoxy) is 1. The number of nitrogens with zero attached hydrogens (tertiary/aromatic N) is 1. The molecule has 1 aliphatic rings. The van der Waals surface area contributed by atoms with Crippen molar-refractivity contribution in [3.8, 4) is 5.75 Å². The average molecular weight is 474 g/mol. The van der Waals surface area contributed by atoms with Gasteiger partial charge in [-0.1, -0.05) is 25.5 Å². The highest BCUT2D eigenvalue weighted by atomic mass is 32.2. The van der Waals surface area contributed by atoms with Gasteiger partial charge in [0.2, 0.25) is 10.0 Å². The Morgan fingerprint density at radius 3 is 2.48 bits per heavy atom. The summed E-state index contributed by atoms with van der Waals surface area (Å²) >= 11 is 0. The standard InChI is InChI=1S/C25H35N3O4S/c1-3-22-7-4-5-17-28(22)18-6-16-26-25(29)21-10-8-20(9-11-21)19-27-33(30,31)24-14-12-23(32-2)13-15-24/h8-15,22,27H,3-7,16-19H2,1-2H3,(H,26,29). The van der Waals surface area contributed by atoms with Crippen LogP contribution < -0.4 is 14.8 Å². The first-order valence-corrected chi connectivity index (χ1v) is 13.2. The summed E-state index contributed by atoms with van der Waals surface area (Å²) in [6.07, 6.45) is 6.00. The predicted octanol–water partition coefficient (Wildman–Crippen LogP) is 3.56. The maximum absolute atomic E-state index is 12.5. The van der Waals surface area contributed by atoms with Crippen LogP contribution in [-0.2, 0) is 16.6 Å². The van der Waals surface area contributed by atoms with Crippen molar-refractivity contribution in [3.05, 3.63) is 59.7 Å². The molecule has 1 fully saturated rings. The van der Waals surface area contributed by atoms with E-state index < -0.39 is 10.0 Å². The lowest BCUT2D eigenvalue weighted by atomic mass is 10.00. The maximum Gasteiger partial charge on any atom is 0.251 e. The van der Waals surface area contributed by atoms with E-state index in [0.717, 1.165) is 25.1 Å². The number of benzene rings is 2. The fourth-order valence-corrected chi connectivity index (χ4v) is 5.21. The lowest BCUT2D eigenvalue weighted by molar-refractivity contribution is 0.0947. The zero-order valence-corrected chi connectivity index (χ0v) is 20.4. The molecule has 0 spiro atoms. The zero-order valence-electron chi connectivity index (χ0n) is 19.5. The summed E-state index contributed by atoms with van der Waals surface area (Å²) in [5.41, 5.74) is 1.35. The Morgan fingerprint density at radius 2 is 1.82 bits per heavy atom. The number of piperidine rings is 1. The molecule has 1 heterocycles. The Bertz CT molecular complexity index is 991. The van der Waals surface area contributed by atoms with Crippen LogP contribution in [0.15, 0.2) is 53.4 Å². The molecule has 0 saturated carbocycles. The van der Waals surface area contributed by atoms with Crippen molar-refractivity contribution < 1.29 is 17.9 Å². The number of likely N-dealkylation sites (tertiary alicyclic amines) is 1. The van der Waals surface area contributed by atoms with Crippen molar-refractivity contribution in [3.63, 3.8) is 0 Å². The van der Waals surface area contributed by atoms with E-state index in [0.29, 0.717) is 23.9 Å². The highest BCUT2D eigenvalue weighted by Gasteiger charge is 2.20. The van der Waals surface area contributed by atoms with Crippen molar-refractivity contribution in [1.29, 1.82) is 0 Å². The van der Waals surface area contributed by atoms with Gasteiger partial charge in [0.05, 0.1) is 12.0 Å².